The summed E-state index contributed by atoms with van der Waals surface area (Å²) in [6, 6.07) is 0.562. The molecule has 1 saturated carbocycles. The summed E-state index contributed by atoms with van der Waals surface area (Å²) in [5, 5.41) is 29.7. The van der Waals surface area contributed by atoms with E-state index in [2.05, 4.69) is 0 Å². The lowest BCUT2D eigenvalue weighted by atomic mass is 9.92. The quantitative estimate of drug-likeness (QED) is 0.326. The van der Waals surface area contributed by atoms with Crippen molar-refractivity contribution in [3.63, 3.8) is 0 Å². The van der Waals surface area contributed by atoms with Crippen LogP contribution in [0.5, 0.6) is 0 Å². The van der Waals surface area contributed by atoms with Gasteiger partial charge in [-0.1, -0.05) is 12.8 Å². The normalized spacial score (nSPS) is 16.7. The highest BCUT2D eigenvalue weighted by atomic mass is 16.4. The van der Waals surface area contributed by atoms with Crippen LogP contribution in [0.15, 0.2) is 0 Å². The van der Waals surface area contributed by atoms with Crippen molar-refractivity contribution < 1.29 is 45.1 Å². The molecule has 2 unspecified atom stereocenters. The number of aliphatic carboxylic acids is 4. The van der Waals surface area contributed by atoms with Gasteiger partial charge >= 0.3 is 0 Å². The molecule has 1 fully saturated rings. The van der Waals surface area contributed by atoms with Gasteiger partial charge in [0.2, 0.25) is 0 Å². The van der Waals surface area contributed by atoms with E-state index >= 15 is 0 Å². The van der Waals surface area contributed by atoms with E-state index in [1.54, 1.807) is 0 Å². The van der Waals surface area contributed by atoms with Crippen molar-refractivity contribution in [2.24, 2.45) is 11.5 Å². The number of hydrogen-bond acceptors (Lipinski definition) is 6. The summed E-state index contributed by atoms with van der Waals surface area (Å²) in [7, 11) is 0. The molecule has 0 saturated heterocycles. The molecule has 25 heavy (non-hydrogen) atoms. The molecule has 2 atom stereocenters. The third-order valence-corrected chi connectivity index (χ3v) is 1.87. The van der Waals surface area contributed by atoms with Crippen LogP contribution in [0.3, 0.4) is 0 Å². The Morgan fingerprint density at radius 1 is 0.640 bits per heavy atom. The molecule has 0 bridgehead atoms. The monoisotopic (exact) mass is 372 g/mol. The van der Waals surface area contributed by atoms with Crippen molar-refractivity contribution in [2.45, 2.75) is 65.5 Å². The molecule has 0 amide bonds. The third-order valence-electron chi connectivity index (χ3n) is 1.87. The highest BCUT2D eigenvalue weighted by Gasteiger charge is 2.16. The Labute approximate surface area is 146 Å². The van der Waals surface area contributed by atoms with E-state index in [0.717, 1.165) is 40.5 Å². The molecule has 0 aliphatic heterocycles. The molecule has 0 aromatic rings. The molecule has 0 heterocycles. The number of carboxylic acid groups (broad SMARTS) is 4. The van der Waals surface area contributed by atoms with Crippen LogP contribution < -0.4 is 11.5 Å². The summed E-state index contributed by atoms with van der Waals surface area (Å²) in [5.74, 6) is -3.33. The molecule has 10 N–H and O–H groups in total. The first-order chi connectivity index (χ1) is 10.7. The predicted octanol–water partition coefficient (Wildman–Crippen LogP) is -0.246. The first kappa shape index (κ1) is 34.2. The molecule has 0 aromatic heterocycles. The van der Waals surface area contributed by atoms with E-state index < -0.39 is 23.9 Å². The average molecular weight is 372 g/mol. The van der Waals surface area contributed by atoms with Gasteiger partial charge in [-0.3, -0.25) is 19.2 Å². The van der Waals surface area contributed by atoms with Crippen molar-refractivity contribution in [3.05, 3.63) is 0 Å². The molecule has 0 aromatic carbocycles. The van der Waals surface area contributed by atoms with E-state index in [9.17, 15) is 0 Å². The first-order valence-electron chi connectivity index (χ1n) is 7.03. The standard InChI is InChI=1S/C6H14N2.4C2H4O2.H2O/c7-5-3-1-2-4-6(5)8;4*1-2(3)4;/h5-6H,1-4,7-8H2;4*1H3,(H,3,4);1H2. The van der Waals surface area contributed by atoms with Gasteiger partial charge in [0.25, 0.3) is 23.9 Å². The van der Waals surface area contributed by atoms with Crippen molar-refractivity contribution >= 4 is 23.9 Å². The minimum absolute atomic E-state index is 0. The summed E-state index contributed by atoms with van der Waals surface area (Å²) < 4.78 is 0. The number of carbonyl (C=O) groups is 4. The van der Waals surface area contributed by atoms with Crippen LogP contribution in [0.2, 0.25) is 0 Å². The zero-order chi connectivity index (χ0) is 20.3. The van der Waals surface area contributed by atoms with E-state index in [-0.39, 0.29) is 17.6 Å². The fraction of sp³-hybridized carbons (Fsp3) is 0.714. The van der Waals surface area contributed by atoms with Gasteiger partial charge in [0, 0.05) is 39.8 Å². The van der Waals surface area contributed by atoms with E-state index in [1.165, 1.54) is 12.8 Å². The van der Waals surface area contributed by atoms with Crippen LogP contribution in [0.1, 0.15) is 53.4 Å². The first-order valence-corrected chi connectivity index (χ1v) is 7.03. The Hall–Kier alpha value is -2.24. The Morgan fingerprint density at radius 2 is 0.760 bits per heavy atom. The molecule has 1 aliphatic rings. The second kappa shape index (κ2) is 24.0. The lowest BCUT2D eigenvalue weighted by molar-refractivity contribution is -0.135. The van der Waals surface area contributed by atoms with Gasteiger partial charge in [0.1, 0.15) is 0 Å². The molecule has 11 heteroatoms. The largest absolute Gasteiger partial charge is 0.481 e. The highest BCUT2D eigenvalue weighted by molar-refractivity contribution is 5.63. The Kier molecular flexibility index (Phi) is 32.8. The van der Waals surface area contributed by atoms with Gasteiger partial charge in [0.05, 0.1) is 0 Å². The van der Waals surface area contributed by atoms with Crippen molar-refractivity contribution in [3.8, 4) is 0 Å². The maximum Gasteiger partial charge on any atom is 0.300 e. The van der Waals surface area contributed by atoms with E-state index in [4.69, 9.17) is 51.1 Å². The van der Waals surface area contributed by atoms with Crippen LogP contribution in [0.25, 0.3) is 0 Å². The van der Waals surface area contributed by atoms with Crippen LogP contribution in [-0.4, -0.2) is 61.9 Å². The molecule has 0 radical (unpaired) electrons. The molecule has 1 rings (SSSR count). The number of hydrogen-bond donors (Lipinski definition) is 6. The SMILES string of the molecule is CC(=O)O.CC(=O)O.CC(=O)O.CC(=O)O.NC1CCCCC1N.O. The molecule has 1 aliphatic carbocycles. The third kappa shape index (κ3) is 111. The lowest BCUT2D eigenvalue weighted by Gasteiger charge is -2.24. The fourth-order valence-electron chi connectivity index (χ4n) is 1.19. The Morgan fingerprint density at radius 3 is 0.840 bits per heavy atom. The highest BCUT2D eigenvalue weighted by Crippen LogP contribution is 2.14. The Bertz CT molecular complexity index is 288. The zero-order valence-corrected chi connectivity index (χ0v) is 15.1. The molecule has 0 spiro atoms. The summed E-state index contributed by atoms with van der Waals surface area (Å²) in [4.78, 5) is 36.0. The van der Waals surface area contributed by atoms with Crippen molar-refractivity contribution in [1.82, 2.24) is 0 Å². The maximum atomic E-state index is 9.00. The van der Waals surface area contributed by atoms with Crippen LogP contribution in [-0.2, 0) is 19.2 Å². The molecular formula is C14H32N2O9. The second-order valence-electron chi connectivity index (χ2n) is 4.69. The number of carboxylic acids is 4. The van der Waals surface area contributed by atoms with Crippen LogP contribution in [0, 0.1) is 0 Å². The van der Waals surface area contributed by atoms with Crippen LogP contribution in [0.4, 0.5) is 0 Å². The zero-order valence-electron chi connectivity index (χ0n) is 15.1. The van der Waals surface area contributed by atoms with Gasteiger partial charge in [-0.05, 0) is 12.8 Å². The fourth-order valence-corrected chi connectivity index (χ4v) is 1.19. The molecule has 152 valence electrons. The second-order valence-corrected chi connectivity index (χ2v) is 4.69. The van der Waals surface area contributed by atoms with Gasteiger partial charge in [-0.15, -0.1) is 0 Å². The lowest BCUT2D eigenvalue weighted by Crippen LogP contribution is -2.43. The molecule has 11 nitrogen and oxygen atoms in total. The van der Waals surface area contributed by atoms with Gasteiger partial charge in [-0.25, -0.2) is 0 Å². The topological polar surface area (TPSA) is 233 Å². The smallest absolute Gasteiger partial charge is 0.300 e. The van der Waals surface area contributed by atoms with Crippen LogP contribution >= 0.6 is 0 Å². The predicted molar refractivity (Wildman–Crippen MR) is 91.3 cm³/mol. The van der Waals surface area contributed by atoms with Crippen molar-refractivity contribution in [1.29, 1.82) is 0 Å². The summed E-state index contributed by atoms with van der Waals surface area (Å²) in [6.07, 6.45) is 4.80. The van der Waals surface area contributed by atoms with Crippen molar-refractivity contribution in [2.75, 3.05) is 0 Å². The number of nitrogens with two attached hydrogens (primary N) is 2. The van der Waals surface area contributed by atoms with E-state index in [1.807, 2.05) is 0 Å². The van der Waals surface area contributed by atoms with Gasteiger partial charge in [0.15, 0.2) is 0 Å². The molecular weight excluding hydrogens is 340 g/mol. The maximum absolute atomic E-state index is 9.00. The summed E-state index contributed by atoms with van der Waals surface area (Å²) in [5.41, 5.74) is 11.3. The summed E-state index contributed by atoms with van der Waals surface area (Å²) in [6.45, 7) is 4.33. The number of rotatable bonds is 0. The summed E-state index contributed by atoms with van der Waals surface area (Å²) >= 11 is 0. The Balaban J connectivity index is -0.0000000695. The van der Waals surface area contributed by atoms with E-state index in [0.29, 0.717) is 0 Å². The average Bonchev–Trinajstić information content (AvgIpc) is 2.30. The minimum Gasteiger partial charge on any atom is -0.481 e. The van der Waals surface area contributed by atoms with Gasteiger partial charge in [-0.2, -0.15) is 0 Å². The minimum atomic E-state index is -0.833. The van der Waals surface area contributed by atoms with Gasteiger partial charge < -0.3 is 37.4 Å².